The van der Waals surface area contributed by atoms with E-state index in [0.29, 0.717) is 13.0 Å². The number of aliphatic hydroxyl groups is 2. The SMILES string of the molecule is CC/C=C\C/C=C\C/C=C\C/C=C\C/C=C\C/C=C\CCCCC(=O)OC(COCCCCCCCCC/C=C\C/C=C\C/C=C\CCCCC)COP(=O)(O)OCC(O)CO. The third-order valence-corrected chi connectivity index (χ3v) is 10.4. The van der Waals surface area contributed by atoms with Crippen LogP contribution in [0.2, 0.25) is 0 Å². The van der Waals surface area contributed by atoms with Gasteiger partial charge in [-0.05, 0) is 103 Å². The second-order valence-corrected chi connectivity index (χ2v) is 16.8. The Hall–Kier alpha value is -2.88. The minimum absolute atomic E-state index is 0.0169. The van der Waals surface area contributed by atoms with Gasteiger partial charge in [-0.3, -0.25) is 13.8 Å². The molecule has 0 aromatic rings. The molecule has 0 aliphatic rings. The summed E-state index contributed by atoms with van der Waals surface area (Å²) in [6.45, 7) is 3.27. The zero-order chi connectivity index (χ0) is 45.3. The molecule has 0 radical (unpaired) electrons. The Morgan fingerprint density at radius 2 is 0.919 bits per heavy atom. The molecule has 354 valence electrons. The van der Waals surface area contributed by atoms with Crippen LogP contribution < -0.4 is 0 Å². The highest BCUT2D eigenvalue weighted by atomic mass is 31.2. The van der Waals surface area contributed by atoms with Crippen LogP contribution in [0, 0.1) is 0 Å². The van der Waals surface area contributed by atoms with Gasteiger partial charge >= 0.3 is 13.8 Å². The summed E-state index contributed by atoms with van der Waals surface area (Å²) in [6.07, 6.45) is 61.9. The van der Waals surface area contributed by atoms with Crippen molar-refractivity contribution < 1.29 is 43.0 Å². The van der Waals surface area contributed by atoms with Crippen molar-refractivity contribution >= 4 is 13.8 Å². The standard InChI is InChI=1S/C52H87O9P/c1-3-5-7-9-11-13-15-17-19-21-23-25-26-28-30-32-34-36-38-40-42-44-52(55)61-51(49-60-62(56,57)59-47-50(54)46-53)48-58-45-43-41-39-37-35-33-31-29-27-24-22-20-18-16-14-12-10-8-6-4-2/h5,7,11-14,17-20,23-25,27-28,30,34,36,50-51,53-54H,3-4,6,8-10,15-16,21-22,26,29,31-33,35,37-49H2,1-2H3,(H,56,57)/b7-5-,13-11-,14-12-,19-17-,20-18-,25-23-,27-24-,30-28-,36-34-. The van der Waals surface area contributed by atoms with Crippen LogP contribution in [-0.2, 0) is 27.9 Å². The Kier molecular flexibility index (Phi) is 45.4. The minimum Gasteiger partial charge on any atom is -0.457 e. The second kappa shape index (κ2) is 47.6. The minimum atomic E-state index is -4.55. The van der Waals surface area contributed by atoms with E-state index in [9.17, 15) is 19.4 Å². The van der Waals surface area contributed by atoms with E-state index >= 15 is 0 Å². The molecular formula is C52H87O9P. The lowest BCUT2D eigenvalue weighted by Gasteiger charge is -2.20. The Morgan fingerprint density at radius 1 is 0.516 bits per heavy atom. The van der Waals surface area contributed by atoms with Gasteiger partial charge in [0.15, 0.2) is 0 Å². The van der Waals surface area contributed by atoms with E-state index in [0.717, 1.165) is 89.9 Å². The number of phosphoric ester groups is 1. The average Bonchev–Trinajstić information content (AvgIpc) is 3.26. The maximum Gasteiger partial charge on any atom is 0.472 e. The molecule has 0 fully saturated rings. The van der Waals surface area contributed by atoms with E-state index < -0.39 is 45.8 Å². The molecule has 0 aromatic heterocycles. The van der Waals surface area contributed by atoms with E-state index in [-0.39, 0.29) is 13.0 Å². The van der Waals surface area contributed by atoms with Crippen LogP contribution in [0.25, 0.3) is 0 Å². The number of hydrogen-bond acceptors (Lipinski definition) is 8. The molecule has 0 saturated heterocycles. The highest BCUT2D eigenvalue weighted by Crippen LogP contribution is 2.43. The number of aliphatic hydroxyl groups excluding tert-OH is 2. The molecule has 0 aliphatic carbocycles. The van der Waals surface area contributed by atoms with Gasteiger partial charge in [0.25, 0.3) is 0 Å². The molecule has 0 amide bonds. The number of hydrogen-bond donors (Lipinski definition) is 3. The Morgan fingerprint density at radius 3 is 1.39 bits per heavy atom. The fourth-order valence-corrected chi connectivity index (χ4v) is 6.62. The molecule has 0 heterocycles. The fourth-order valence-electron chi connectivity index (χ4n) is 5.83. The van der Waals surface area contributed by atoms with Crippen LogP contribution >= 0.6 is 7.82 Å². The Bertz CT molecular complexity index is 1330. The highest BCUT2D eigenvalue weighted by Gasteiger charge is 2.26. The molecule has 0 bridgehead atoms. The first-order valence-electron chi connectivity index (χ1n) is 23.9. The van der Waals surface area contributed by atoms with Crippen LogP contribution in [0.4, 0.5) is 0 Å². The molecule has 10 heteroatoms. The first-order chi connectivity index (χ1) is 30.3. The van der Waals surface area contributed by atoms with Crippen molar-refractivity contribution in [2.24, 2.45) is 0 Å². The van der Waals surface area contributed by atoms with Gasteiger partial charge in [-0.1, -0.05) is 168 Å². The molecule has 3 N–H and O–H groups in total. The van der Waals surface area contributed by atoms with E-state index in [1.54, 1.807) is 0 Å². The summed E-state index contributed by atoms with van der Waals surface area (Å²) in [5.41, 5.74) is 0. The van der Waals surface area contributed by atoms with Crippen LogP contribution in [-0.4, -0.2) is 66.3 Å². The van der Waals surface area contributed by atoms with Crippen molar-refractivity contribution in [3.63, 3.8) is 0 Å². The van der Waals surface area contributed by atoms with Crippen molar-refractivity contribution in [1.82, 2.24) is 0 Å². The summed E-state index contributed by atoms with van der Waals surface area (Å²) in [7, 11) is -4.55. The number of rotatable bonds is 44. The molecule has 0 saturated carbocycles. The maximum absolute atomic E-state index is 12.7. The zero-order valence-corrected chi connectivity index (χ0v) is 39.7. The van der Waals surface area contributed by atoms with Gasteiger partial charge in [0, 0.05) is 13.0 Å². The van der Waals surface area contributed by atoms with Crippen molar-refractivity contribution in [2.75, 3.05) is 33.0 Å². The number of allylic oxidation sites excluding steroid dienone is 18. The summed E-state index contributed by atoms with van der Waals surface area (Å²) < 4.78 is 33.4. The molecule has 0 aromatic carbocycles. The Balaban J connectivity index is 4.27. The average molecular weight is 887 g/mol. The topological polar surface area (TPSA) is 132 Å². The van der Waals surface area contributed by atoms with E-state index in [1.807, 2.05) is 0 Å². The largest absolute Gasteiger partial charge is 0.472 e. The van der Waals surface area contributed by atoms with Crippen molar-refractivity contribution in [2.45, 2.75) is 180 Å². The lowest BCUT2D eigenvalue weighted by atomic mass is 10.1. The number of carbonyl (C=O) groups excluding carboxylic acids is 1. The monoisotopic (exact) mass is 887 g/mol. The van der Waals surface area contributed by atoms with Gasteiger partial charge in [0.2, 0.25) is 0 Å². The fraction of sp³-hybridized carbons (Fsp3) is 0.635. The third kappa shape index (κ3) is 46.6. The van der Waals surface area contributed by atoms with Gasteiger partial charge < -0.3 is 24.6 Å². The van der Waals surface area contributed by atoms with Gasteiger partial charge in [-0.25, -0.2) is 4.57 Å². The van der Waals surface area contributed by atoms with E-state index in [2.05, 4.69) is 123 Å². The number of carbonyl (C=O) groups is 1. The number of ether oxygens (including phenoxy) is 2. The van der Waals surface area contributed by atoms with Crippen LogP contribution in [0.5, 0.6) is 0 Å². The van der Waals surface area contributed by atoms with E-state index in [4.69, 9.17) is 23.6 Å². The first-order valence-corrected chi connectivity index (χ1v) is 25.4. The lowest BCUT2D eigenvalue weighted by molar-refractivity contribution is -0.154. The smallest absolute Gasteiger partial charge is 0.457 e. The number of unbranched alkanes of at least 4 members (excludes halogenated alkanes) is 12. The zero-order valence-electron chi connectivity index (χ0n) is 38.8. The van der Waals surface area contributed by atoms with Crippen molar-refractivity contribution in [3.8, 4) is 0 Å². The predicted molar refractivity (Wildman–Crippen MR) is 260 cm³/mol. The molecule has 0 spiro atoms. The van der Waals surface area contributed by atoms with Crippen molar-refractivity contribution in [1.29, 1.82) is 0 Å². The molecule has 9 nitrogen and oxygen atoms in total. The molecule has 3 unspecified atom stereocenters. The predicted octanol–water partition coefficient (Wildman–Crippen LogP) is 13.8. The summed E-state index contributed by atoms with van der Waals surface area (Å²) in [5, 5.41) is 18.4. The summed E-state index contributed by atoms with van der Waals surface area (Å²) in [6, 6.07) is 0. The van der Waals surface area contributed by atoms with Gasteiger partial charge in [0.1, 0.15) is 12.2 Å². The molecule has 0 aliphatic heterocycles. The van der Waals surface area contributed by atoms with Crippen LogP contribution in [0.1, 0.15) is 168 Å². The van der Waals surface area contributed by atoms with Crippen molar-refractivity contribution in [3.05, 3.63) is 109 Å². The molecular weight excluding hydrogens is 800 g/mol. The summed E-state index contributed by atoms with van der Waals surface area (Å²) >= 11 is 0. The molecule has 62 heavy (non-hydrogen) atoms. The quantitative estimate of drug-likeness (QED) is 0.0237. The normalized spacial score (nSPS) is 14.9. The van der Waals surface area contributed by atoms with Crippen LogP contribution in [0.15, 0.2) is 109 Å². The number of esters is 1. The number of phosphoric acid groups is 1. The van der Waals surface area contributed by atoms with Gasteiger partial charge in [-0.2, -0.15) is 0 Å². The Labute approximate surface area is 378 Å². The van der Waals surface area contributed by atoms with Gasteiger partial charge in [-0.15, -0.1) is 0 Å². The first kappa shape index (κ1) is 59.1. The van der Waals surface area contributed by atoms with E-state index in [1.165, 1.54) is 51.4 Å². The molecule has 0 rings (SSSR count). The van der Waals surface area contributed by atoms with Gasteiger partial charge in [0.05, 0.1) is 26.4 Å². The maximum atomic E-state index is 12.7. The summed E-state index contributed by atoms with van der Waals surface area (Å²) in [4.78, 5) is 22.6. The molecule has 3 atom stereocenters. The highest BCUT2D eigenvalue weighted by molar-refractivity contribution is 7.47. The summed E-state index contributed by atoms with van der Waals surface area (Å²) in [5.74, 6) is -0.432. The lowest BCUT2D eigenvalue weighted by Crippen LogP contribution is -2.29. The third-order valence-electron chi connectivity index (χ3n) is 9.44. The van der Waals surface area contributed by atoms with Crippen LogP contribution in [0.3, 0.4) is 0 Å². The second-order valence-electron chi connectivity index (χ2n) is 15.4.